The normalized spacial score (nSPS) is 19.1. The van der Waals surface area contributed by atoms with Crippen LogP contribution in [-0.2, 0) is 29.2 Å². The van der Waals surface area contributed by atoms with Crippen molar-refractivity contribution >= 4 is 46.0 Å². The van der Waals surface area contributed by atoms with Gasteiger partial charge in [-0.15, -0.1) is 0 Å². The lowest BCUT2D eigenvalue weighted by atomic mass is 10.1. The topological polar surface area (TPSA) is 217 Å². The molecular weight excluding hydrogens is 500 g/mol. The van der Waals surface area contributed by atoms with E-state index in [2.05, 4.69) is 10.7 Å². The summed E-state index contributed by atoms with van der Waals surface area (Å²) in [6, 6.07) is 1.15. The number of nitrogens with two attached hydrogens (primary N) is 1. The van der Waals surface area contributed by atoms with Crippen molar-refractivity contribution in [3.05, 3.63) is 29.8 Å². The molecule has 2 atom stereocenters. The van der Waals surface area contributed by atoms with Crippen LogP contribution in [0.1, 0.15) is 36.0 Å². The van der Waals surface area contributed by atoms with Crippen LogP contribution in [-0.4, -0.2) is 89.7 Å². The fourth-order valence-electron chi connectivity index (χ4n) is 3.80. The molecule has 0 radical (unpaired) electrons. The number of rotatable bonds is 8. The number of aliphatic carboxylic acids is 1. The lowest BCUT2D eigenvalue weighted by Crippen LogP contribution is -2.64. The first-order valence-electron chi connectivity index (χ1n) is 10.7. The van der Waals surface area contributed by atoms with Crippen LogP contribution in [0, 0.1) is 0 Å². The molecule has 2 unspecified atom stereocenters. The van der Waals surface area contributed by atoms with Crippen LogP contribution in [0.3, 0.4) is 0 Å². The maximum Gasteiger partial charge on any atom is 0.358 e. The predicted octanol–water partition coefficient (Wildman–Crippen LogP) is -1.83. The highest BCUT2D eigenvalue weighted by Gasteiger charge is 2.44. The Hall–Kier alpha value is -4.05. The summed E-state index contributed by atoms with van der Waals surface area (Å²) in [5, 5.41) is 19.0. The van der Waals surface area contributed by atoms with E-state index in [1.54, 1.807) is 0 Å². The second kappa shape index (κ2) is 10.7. The van der Waals surface area contributed by atoms with Crippen molar-refractivity contribution in [2.75, 3.05) is 13.1 Å². The quantitative estimate of drug-likeness (QED) is 0.281. The number of carbonyl (C=O) groups excluding carboxylic acids is 5. The standard InChI is InChI=1S/C20H24N6O9S/c21-36(34,35)14-5-3-12(4-6-14)18(31)23-24-9-7-16(28)25-8-1-2-15(26(25)20(24)33)19(32)22-13(11-27)10-17(29)30/h3-6,11,13,15H,1-2,7-10H2,(H,22,32)(H,23,31)(H,29,30)(H2,21,34,35). The summed E-state index contributed by atoms with van der Waals surface area (Å²) in [5.41, 5.74) is 2.35. The highest BCUT2D eigenvalue weighted by atomic mass is 32.2. The molecular formula is C20H24N6O9S. The Labute approximate surface area is 205 Å². The number of sulfonamides is 1. The first-order chi connectivity index (χ1) is 16.9. The first kappa shape index (κ1) is 26.6. The summed E-state index contributed by atoms with van der Waals surface area (Å²) in [7, 11) is -3.98. The van der Waals surface area contributed by atoms with E-state index in [1.807, 2.05) is 0 Å². The van der Waals surface area contributed by atoms with Crippen molar-refractivity contribution in [2.24, 2.45) is 5.14 Å². The average molecular weight is 525 g/mol. The summed E-state index contributed by atoms with van der Waals surface area (Å²) in [4.78, 5) is 73.5. The molecule has 36 heavy (non-hydrogen) atoms. The second-order valence-electron chi connectivity index (χ2n) is 8.06. The van der Waals surface area contributed by atoms with E-state index in [4.69, 9.17) is 10.2 Å². The van der Waals surface area contributed by atoms with E-state index in [0.29, 0.717) is 6.42 Å². The minimum atomic E-state index is -3.98. The lowest BCUT2D eigenvalue weighted by molar-refractivity contribution is -0.155. The van der Waals surface area contributed by atoms with E-state index in [0.717, 1.165) is 27.2 Å². The Morgan fingerprint density at radius 3 is 2.42 bits per heavy atom. The molecule has 3 rings (SSSR count). The number of aldehydes is 1. The van der Waals surface area contributed by atoms with Crippen LogP contribution in [0.4, 0.5) is 4.79 Å². The number of nitrogens with one attached hydrogen (secondary N) is 2. The van der Waals surface area contributed by atoms with E-state index < -0.39 is 58.2 Å². The van der Waals surface area contributed by atoms with Gasteiger partial charge >= 0.3 is 12.0 Å². The summed E-state index contributed by atoms with van der Waals surface area (Å²) in [6.45, 7) is -0.0760. The van der Waals surface area contributed by atoms with Gasteiger partial charge in [-0.1, -0.05) is 0 Å². The number of primary sulfonamides is 1. The molecule has 5 N–H and O–H groups in total. The molecule has 0 bridgehead atoms. The number of nitrogens with zero attached hydrogens (tertiary/aromatic N) is 3. The molecule has 2 heterocycles. The van der Waals surface area contributed by atoms with Crippen LogP contribution < -0.4 is 15.9 Å². The summed E-state index contributed by atoms with van der Waals surface area (Å²) >= 11 is 0. The Bertz CT molecular complexity index is 1190. The van der Waals surface area contributed by atoms with Gasteiger partial charge in [0.1, 0.15) is 12.3 Å². The van der Waals surface area contributed by atoms with Crippen LogP contribution in [0.25, 0.3) is 0 Å². The van der Waals surface area contributed by atoms with Crippen LogP contribution in [0.15, 0.2) is 29.2 Å². The SMILES string of the molecule is NS(=O)(=O)c1ccc(C(=O)NN2CCC(=O)N3CCCC(C(=O)NC(C=O)CC(=O)O)N3C2=O)cc1. The van der Waals surface area contributed by atoms with Gasteiger partial charge in [-0.05, 0) is 37.1 Å². The number of urea groups is 1. The van der Waals surface area contributed by atoms with Gasteiger partial charge in [-0.25, -0.2) is 33.4 Å². The largest absolute Gasteiger partial charge is 0.481 e. The van der Waals surface area contributed by atoms with Crippen molar-refractivity contribution in [3.63, 3.8) is 0 Å². The number of carbonyl (C=O) groups is 6. The minimum Gasteiger partial charge on any atom is -0.481 e. The van der Waals surface area contributed by atoms with Crippen molar-refractivity contribution in [1.82, 2.24) is 25.8 Å². The van der Waals surface area contributed by atoms with Gasteiger partial charge < -0.3 is 15.2 Å². The number of hydrogen-bond acceptors (Lipinski definition) is 8. The maximum atomic E-state index is 13.3. The second-order valence-corrected chi connectivity index (χ2v) is 9.62. The predicted molar refractivity (Wildman–Crippen MR) is 119 cm³/mol. The van der Waals surface area contributed by atoms with E-state index in [1.165, 1.54) is 12.1 Å². The number of carboxylic acid groups (broad SMARTS) is 1. The molecule has 0 saturated carbocycles. The van der Waals surface area contributed by atoms with E-state index in [9.17, 15) is 37.2 Å². The molecule has 16 heteroatoms. The van der Waals surface area contributed by atoms with Gasteiger partial charge in [0.05, 0.1) is 23.9 Å². The Morgan fingerprint density at radius 2 is 1.83 bits per heavy atom. The smallest absolute Gasteiger partial charge is 0.358 e. The third-order valence-corrected chi connectivity index (χ3v) is 6.47. The highest BCUT2D eigenvalue weighted by Crippen LogP contribution is 2.24. The Balaban J connectivity index is 1.80. The van der Waals surface area contributed by atoms with E-state index in [-0.39, 0.29) is 42.7 Å². The summed E-state index contributed by atoms with van der Waals surface area (Å²) in [6.07, 6.45) is -0.0875. The summed E-state index contributed by atoms with van der Waals surface area (Å²) < 4.78 is 22.8. The molecule has 2 aliphatic rings. The molecule has 0 aliphatic carbocycles. The van der Waals surface area contributed by atoms with Gasteiger partial charge in [0.15, 0.2) is 0 Å². The first-order valence-corrected chi connectivity index (χ1v) is 12.3. The maximum absolute atomic E-state index is 13.3. The number of benzene rings is 1. The van der Waals surface area contributed by atoms with Crippen LogP contribution in [0.5, 0.6) is 0 Å². The van der Waals surface area contributed by atoms with Gasteiger partial charge in [0.2, 0.25) is 21.8 Å². The average Bonchev–Trinajstić information content (AvgIpc) is 2.94. The summed E-state index contributed by atoms with van der Waals surface area (Å²) in [5.74, 6) is -3.41. The number of fused-ring (bicyclic) bond motifs is 1. The van der Waals surface area contributed by atoms with Crippen molar-refractivity contribution < 1.29 is 42.3 Å². The fourth-order valence-corrected chi connectivity index (χ4v) is 4.31. The van der Waals surface area contributed by atoms with Gasteiger partial charge in [0.25, 0.3) is 5.91 Å². The van der Waals surface area contributed by atoms with Gasteiger partial charge in [0, 0.05) is 18.5 Å². The zero-order valence-electron chi connectivity index (χ0n) is 18.8. The van der Waals surface area contributed by atoms with Gasteiger partial charge in [-0.3, -0.25) is 24.6 Å². The molecule has 2 saturated heterocycles. The lowest BCUT2D eigenvalue weighted by Gasteiger charge is -2.42. The van der Waals surface area contributed by atoms with Crippen molar-refractivity contribution in [1.29, 1.82) is 0 Å². The molecule has 0 spiro atoms. The molecule has 0 aromatic heterocycles. The number of amides is 5. The Kier molecular flexibility index (Phi) is 7.89. The van der Waals surface area contributed by atoms with Crippen LogP contribution >= 0.6 is 0 Å². The third-order valence-electron chi connectivity index (χ3n) is 5.54. The molecule has 1 aromatic rings. The number of hydrazine groups is 2. The van der Waals surface area contributed by atoms with Crippen molar-refractivity contribution in [2.45, 2.75) is 42.7 Å². The molecule has 15 nitrogen and oxygen atoms in total. The van der Waals surface area contributed by atoms with E-state index >= 15 is 0 Å². The van der Waals surface area contributed by atoms with Crippen LogP contribution in [0.2, 0.25) is 0 Å². The minimum absolute atomic E-state index is 0.00179. The zero-order valence-corrected chi connectivity index (χ0v) is 19.6. The molecule has 194 valence electrons. The van der Waals surface area contributed by atoms with Gasteiger partial charge in [-0.2, -0.15) is 0 Å². The monoisotopic (exact) mass is 524 g/mol. The molecule has 2 aliphatic heterocycles. The zero-order chi connectivity index (χ0) is 26.6. The third kappa shape index (κ3) is 5.95. The molecule has 5 amide bonds. The number of carboxylic acids is 1. The fraction of sp³-hybridized carbons (Fsp3) is 0.400. The van der Waals surface area contributed by atoms with Crippen molar-refractivity contribution in [3.8, 4) is 0 Å². The molecule has 1 aromatic carbocycles. The highest BCUT2D eigenvalue weighted by molar-refractivity contribution is 7.89. The molecule has 2 fully saturated rings. The number of hydrogen-bond donors (Lipinski definition) is 4. The Morgan fingerprint density at radius 1 is 1.17 bits per heavy atom.